The molecule has 8 heteroatoms. The van der Waals surface area contributed by atoms with E-state index in [2.05, 4.69) is 11.2 Å². The van der Waals surface area contributed by atoms with Crippen molar-refractivity contribution >= 4 is 11.9 Å². The zero-order valence-corrected chi connectivity index (χ0v) is 13.9. The van der Waals surface area contributed by atoms with Gasteiger partial charge in [-0.2, -0.15) is 0 Å². The molecule has 2 aromatic rings. The number of terminal acetylenes is 1. The van der Waals surface area contributed by atoms with Crippen molar-refractivity contribution in [3.8, 4) is 12.3 Å². The Bertz CT molecular complexity index is 938. The van der Waals surface area contributed by atoms with Gasteiger partial charge in [-0.25, -0.2) is 9.36 Å². The summed E-state index contributed by atoms with van der Waals surface area (Å²) in [5.41, 5.74) is -0.407. The zero-order chi connectivity index (χ0) is 18.9. The summed E-state index contributed by atoms with van der Waals surface area (Å²) in [7, 11) is 0. The monoisotopic (exact) mass is 355 g/mol. The van der Waals surface area contributed by atoms with Gasteiger partial charge in [0.2, 0.25) is 0 Å². The highest BCUT2D eigenvalue weighted by atomic mass is 16.5. The second kappa shape index (κ2) is 9.03. The standard InChI is InChI=1S/C18H17N3O5/c1-2-9-19-15(22)13-26-17(24)12-21-16(23)8-10-20(18(21)25)11-14-6-4-3-5-7-14/h1,3-8,10H,9,11-13H2,(H,19,22). The van der Waals surface area contributed by atoms with E-state index < -0.39 is 36.3 Å². The van der Waals surface area contributed by atoms with Crippen LogP contribution in [0.3, 0.4) is 0 Å². The molecule has 0 radical (unpaired) electrons. The Kier molecular flexibility index (Phi) is 6.51. The lowest BCUT2D eigenvalue weighted by Gasteiger charge is -2.10. The SMILES string of the molecule is C#CCNC(=O)COC(=O)Cn1c(=O)ccn(Cc2ccccc2)c1=O. The molecule has 0 bridgehead atoms. The summed E-state index contributed by atoms with van der Waals surface area (Å²) in [6.45, 7) is -0.863. The summed E-state index contributed by atoms with van der Waals surface area (Å²) in [6, 6.07) is 10.4. The van der Waals surface area contributed by atoms with Gasteiger partial charge in [-0.05, 0) is 5.56 Å². The molecular weight excluding hydrogens is 338 g/mol. The molecule has 0 unspecified atom stereocenters. The number of nitrogens with one attached hydrogen (secondary N) is 1. The average molecular weight is 355 g/mol. The number of rotatable bonds is 7. The van der Waals surface area contributed by atoms with E-state index in [0.717, 1.165) is 10.1 Å². The molecule has 26 heavy (non-hydrogen) atoms. The minimum Gasteiger partial charge on any atom is -0.454 e. The Morgan fingerprint density at radius 2 is 1.88 bits per heavy atom. The van der Waals surface area contributed by atoms with E-state index in [-0.39, 0.29) is 13.1 Å². The summed E-state index contributed by atoms with van der Waals surface area (Å²) in [5, 5.41) is 2.32. The van der Waals surface area contributed by atoms with Crippen LogP contribution in [0.15, 0.2) is 52.2 Å². The minimum atomic E-state index is -0.877. The smallest absolute Gasteiger partial charge is 0.331 e. The number of hydrogen-bond donors (Lipinski definition) is 1. The maximum atomic E-state index is 12.4. The number of carbonyl (C=O) groups excluding carboxylic acids is 2. The van der Waals surface area contributed by atoms with Crippen LogP contribution in [0.1, 0.15) is 5.56 Å². The molecule has 1 heterocycles. The molecule has 134 valence electrons. The molecular formula is C18H17N3O5. The van der Waals surface area contributed by atoms with Gasteiger partial charge in [-0.1, -0.05) is 36.3 Å². The first kappa shape index (κ1) is 18.7. The van der Waals surface area contributed by atoms with Gasteiger partial charge in [0, 0.05) is 12.3 Å². The van der Waals surface area contributed by atoms with Crippen molar-refractivity contribution in [1.82, 2.24) is 14.5 Å². The van der Waals surface area contributed by atoms with Crippen LogP contribution in [0.25, 0.3) is 0 Å². The fourth-order valence-electron chi connectivity index (χ4n) is 2.12. The summed E-state index contributed by atoms with van der Waals surface area (Å²) in [4.78, 5) is 47.5. The van der Waals surface area contributed by atoms with Gasteiger partial charge in [-0.15, -0.1) is 6.42 Å². The number of ether oxygens (including phenoxy) is 1. The van der Waals surface area contributed by atoms with Crippen molar-refractivity contribution in [2.75, 3.05) is 13.2 Å². The number of carbonyl (C=O) groups is 2. The summed E-state index contributed by atoms with van der Waals surface area (Å²) in [6.07, 6.45) is 6.36. The Morgan fingerprint density at radius 3 is 2.58 bits per heavy atom. The molecule has 0 aliphatic rings. The van der Waals surface area contributed by atoms with E-state index in [1.165, 1.54) is 16.8 Å². The third kappa shape index (κ3) is 5.21. The van der Waals surface area contributed by atoms with E-state index in [4.69, 9.17) is 11.2 Å². The minimum absolute atomic E-state index is 0.0126. The highest BCUT2D eigenvalue weighted by Crippen LogP contribution is 1.99. The predicted octanol–water partition coefficient (Wildman–Crippen LogP) is -0.649. The number of aromatic nitrogens is 2. The van der Waals surface area contributed by atoms with Crippen molar-refractivity contribution in [3.05, 3.63) is 69.0 Å². The Morgan fingerprint density at radius 1 is 1.15 bits per heavy atom. The largest absolute Gasteiger partial charge is 0.454 e. The molecule has 0 aliphatic heterocycles. The van der Waals surface area contributed by atoms with Crippen LogP contribution < -0.4 is 16.6 Å². The van der Waals surface area contributed by atoms with E-state index in [1.807, 2.05) is 30.3 Å². The third-order valence-corrected chi connectivity index (χ3v) is 3.37. The second-order valence-corrected chi connectivity index (χ2v) is 5.28. The first-order valence-corrected chi connectivity index (χ1v) is 7.71. The first-order chi connectivity index (χ1) is 12.5. The van der Waals surface area contributed by atoms with Crippen LogP contribution in [0.2, 0.25) is 0 Å². The van der Waals surface area contributed by atoms with Crippen LogP contribution in [-0.2, 0) is 27.4 Å². The maximum absolute atomic E-state index is 12.4. The summed E-state index contributed by atoms with van der Waals surface area (Å²) in [5.74, 6) is 0.757. The van der Waals surface area contributed by atoms with Crippen molar-refractivity contribution in [2.45, 2.75) is 13.1 Å². The Labute approximate surface area is 149 Å². The van der Waals surface area contributed by atoms with Gasteiger partial charge in [-0.3, -0.25) is 19.0 Å². The molecule has 1 aromatic heterocycles. The van der Waals surface area contributed by atoms with Gasteiger partial charge in [0.1, 0.15) is 6.54 Å². The fraction of sp³-hybridized carbons (Fsp3) is 0.222. The van der Waals surface area contributed by atoms with E-state index in [1.54, 1.807) is 0 Å². The lowest BCUT2D eigenvalue weighted by molar-refractivity contribution is -0.149. The normalized spacial score (nSPS) is 9.96. The van der Waals surface area contributed by atoms with Gasteiger partial charge in [0.05, 0.1) is 13.1 Å². The number of hydrogen-bond acceptors (Lipinski definition) is 5. The quantitative estimate of drug-likeness (QED) is 0.526. The first-order valence-electron chi connectivity index (χ1n) is 7.71. The molecule has 0 spiro atoms. The Balaban J connectivity index is 2.07. The van der Waals surface area contributed by atoms with Crippen LogP contribution >= 0.6 is 0 Å². The van der Waals surface area contributed by atoms with Crippen LogP contribution in [-0.4, -0.2) is 34.2 Å². The number of amides is 1. The molecule has 2 rings (SSSR count). The predicted molar refractivity (Wildman–Crippen MR) is 93.3 cm³/mol. The van der Waals surface area contributed by atoms with Gasteiger partial charge < -0.3 is 10.1 Å². The van der Waals surface area contributed by atoms with Crippen LogP contribution in [0, 0.1) is 12.3 Å². The summed E-state index contributed by atoms with van der Waals surface area (Å²) < 4.78 is 6.81. The number of esters is 1. The number of nitrogens with zero attached hydrogens (tertiary/aromatic N) is 2. The fourth-order valence-corrected chi connectivity index (χ4v) is 2.12. The zero-order valence-electron chi connectivity index (χ0n) is 13.9. The molecule has 0 saturated heterocycles. The van der Waals surface area contributed by atoms with Crippen molar-refractivity contribution < 1.29 is 14.3 Å². The molecule has 1 aromatic carbocycles. The van der Waals surface area contributed by atoms with E-state index in [9.17, 15) is 19.2 Å². The lowest BCUT2D eigenvalue weighted by Crippen LogP contribution is -2.41. The molecule has 1 N–H and O–H groups in total. The van der Waals surface area contributed by atoms with Gasteiger partial charge in [0.25, 0.3) is 11.5 Å². The van der Waals surface area contributed by atoms with Crippen LogP contribution in [0.5, 0.6) is 0 Å². The average Bonchev–Trinajstić information content (AvgIpc) is 2.65. The second-order valence-electron chi connectivity index (χ2n) is 5.28. The highest BCUT2D eigenvalue weighted by Gasteiger charge is 2.12. The van der Waals surface area contributed by atoms with E-state index >= 15 is 0 Å². The van der Waals surface area contributed by atoms with Crippen molar-refractivity contribution in [3.63, 3.8) is 0 Å². The topological polar surface area (TPSA) is 99.4 Å². The molecule has 0 fully saturated rings. The van der Waals surface area contributed by atoms with Crippen molar-refractivity contribution in [1.29, 1.82) is 0 Å². The molecule has 0 aliphatic carbocycles. The third-order valence-electron chi connectivity index (χ3n) is 3.37. The van der Waals surface area contributed by atoms with Gasteiger partial charge in [0.15, 0.2) is 6.61 Å². The van der Waals surface area contributed by atoms with E-state index in [0.29, 0.717) is 0 Å². The van der Waals surface area contributed by atoms with Gasteiger partial charge >= 0.3 is 11.7 Å². The maximum Gasteiger partial charge on any atom is 0.331 e. The number of benzene rings is 1. The molecule has 0 saturated carbocycles. The lowest BCUT2D eigenvalue weighted by atomic mass is 10.2. The molecule has 8 nitrogen and oxygen atoms in total. The summed E-state index contributed by atoms with van der Waals surface area (Å²) >= 11 is 0. The van der Waals surface area contributed by atoms with Crippen molar-refractivity contribution in [2.24, 2.45) is 0 Å². The molecule has 1 amide bonds. The van der Waals surface area contributed by atoms with Crippen LogP contribution in [0.4, 0.5) is 0 Å². The Hall–Kier alpha value is -3.60. The molecule has 0 atom stereocenters. The highest BCUT2D eigenvalue weighted by molar-refractivity contribution is 5.80.